The summed E-state index contributed by atoms with van der Waals surface area (Å²) in [6.45, 7) is 0.512. The van der Waals surface area contributed by atoms with Crippen molar-refractivity contribution in [3.8, 4) is 5.75 Å². The third-order valence-corrected chi connectivity index (χ3v) is 5.20. The zero-order chi connectivity index (χ0) is 17.4. The predicted octanol–water partition coefficient (Wildman–Crippen LogP) is 2.87. The van der Waals surface area contributed by atoms with Crippen LogP contribution in [-0.2, 0) is 19.9 Å². The molecule has 2 aliphatic heterocycles. The molecule has 5 heteroatoms. The smallest absolute Gasteiger partial charge is 0.262 e. The van der Waals surface area contributed by atoms with Crippen LogP contribution in [0.3, 0.4) is 0 Å². The number of carbonyl (C=O) groups excluding carboxylic acids is 1. The number of nitrogens with zero attached hydrogens (tertiary/aromatic N) is 1. The molecular formula is C20H21NO4. The summed E-state index contributed by atoms with van der Waals surface area (Å²) in [7, 11) is 3.19. The van der Waals surface area contributed by atoms with E-state index in [2.05, 4.69) is 0 Å². The standard InChI is InChI=1S/C20H21NO4/c1-23-16-10-6-9-15(11-16)20(24-2)12-18-21(19(20)22)17(13-25-18)14-7-4-3-5-8-14/h3-11,17-18H,12-13H2,1-2H3/t17-,18-,20-/m1/s1. The molecule has 0 spiro atoms. The van der Waals surface area contributed by atoms with E-state index in [0.29, 0.717) is 18.8 Å². The lowest BCUT2D eigenvalue weighted by Gasteiger charge is -2.29. The number of hydrogen-bond acceptors (Lipinski definition) is 4. The highest BCUT2D eigenvalue weighted by atomic mass is 16.5. The van der Waals surface area contributed by atoms with Gasteiger partial charge in [0.25, 0.3) is 5.91 Å². The first kappa shape index (κ1) is 16.1. The van der Waals surface area contributed by atoms with Gasteiger partial charge >= 0.3 is 0 Å². The van der Waals surface area contributed by atoms with Crippen LogP contribution in [0.2, 0.25) is 0 Å². The second kappa shape index (κ2) is 6.17. The summed E-state index contributed by atoms with van der Waals surface area (Å²) in [5.74, 6) is 0.647. The molecule has 1 amide bonds. The maximum absolute atomic E-state index is 13.4. The van der Waals surface area contributed by atoms with Gasteiger partial charge in [-0.15, -0.1) is 0 Å². The highest BCUT2D eigenvalue weighted by Gasteiger charge is 2.58. The van der Waals surface area contributed by atoms with Gasteiger partial charge in [-0.2, -0.15) is 0 Å². The molecule has 0 radical (unpaired) electrons. The summed E-state index contributed by atoms with van der Waals surface area (Å²) in [5, 5.41) is 0. The first-order chi connectivity index (χ1) is 12.2. The predicted molar refractivity (Wildman–Crippen MR) is 92.1 cm³/mol. The summed E-state index contributed by atoms with van der Waals surface area (Å²) >= 11 is 0. The monoisotopic (exact) mass is 339 g/mol. The van der Waals surface area contributed by atoms with Crippen molar-refractivity contribution in [1.29, 1.82) is 0 Å². The molecule has 2 fully saturated rings. The van der Waals surface area contributed by atoms with Crippen LogP contribution in [0.25, 0.3) is 0 Å². The van der Waals surface area contributed by atoms with Crippen molar-refractivity contribution in [2.75, 3.05) is 20.8 Å². The lowest BCUT2D eigenvalue weighted by atomic mass is 9.91. The largest absolute Gasteiger partial charge is 0.497 e. The molecule has 0 saturated carbocycles. The second-order valence-corrected chi connectivity index (χ2v) is 6.39. The molecule has 0 N–H and O–H groups in total. The van der Waals surface area contributed by atoms with Crippen LogP contribution in [0.1, 0.15) is 23.6 Å². The van der Waals surface area contributed by atoms with Crippen molar-refractivity contribution in [3.63, 3.8) is 0 Å². The third kappa shape index (κ3) is 2.42. The van der Waals surface area contributed by atoms with E-state index >= 15 is 0 Å². The summed E-state index contributed by atoms with van der Waals surface area (Å²) in [5.41, 5.74) is 0.840. The number of carbonyl (C=O) groups is 1. The Morgan fingerprint density at radius 1 is 1.12 bits per heavy atom. The SMILES string of the molecule is COc1cccc([C@]2(OC)C[C@H]3OC[C@H](c4ccccc4)N3C2=O)c1. The zero-order valence-electron chi connectivity index (χ0n) is 14.3. The van der Waals surface area contributed by atoms with Crippen molar-refractivity contribution < 1.29 is 19.0 Å². The zero-order valence-corrected chi connectivity index (χ0v) is 14.3. The summed E-state index contributed by atoms with van der Waals surface area (Å²) in [6, 6.07) is 17.4. The van der Waals surface area contributed by atoms with Gasteiger partial charge in [0, 0.05) is 13.5 Å². The third-order valence-electron chi connectivity index (χ3n) is 5.20. The molecule has 3 atom stereocenters. The molecule has 2 aromatic carbocycles. The van der Waals surface area contributed by atoms with E-state index in [1.165, 1.54) is 0 Å². The number of fused-ring (bicyclic) bond motifs is 1. The van der Waals surface area contributed by atoms with Crippen LogP contribution in [0.5, 0.6) is 5.75 Å². The fourth-order valence-electron chi connectivity index (χ4n) is 3.87. The van der Waals surface area contributed by atoms with E-state index in [4.69, 9.17) is 14.2 Å². The van der Waals surface area contributed by atoms with Crippen LogP contribution in [0, 0.1) is 0 Å². The van der Waals surface area contributed by atoms with Gasteiger partial charge in [-0.25, -0.2) is 0 Å². The fourth-order valence-corrected chi connectivity index (χ4v) is 3.87. The van der Waals surface area contributed by atoms with E-state index in [-0.39, 0.29) is 18.2 Å². The molecule has 2 aliphatic rings. The average Bonchev–Trinajstić information content (AvgIpc) is 3.21. The maximum Gasteiger partial charge on any atom is 0.262 e. The van der Waals surface area contributed by atoms with Crippen molar-refractivity contribution in [1.82, 2.24) is 4.90 Å². The Bertz CT molecular complexity index is 778. The molecular weight excluding hydrogens is 318 g/mol. The van der Waals surface area contributed by atoms with Crippen LogP contribution in [-0.4, -0.2) is 37.9 Å². The first-order valence-electron chi connectivity index (χ1n) is 8.38. The van der Waals surface area contributed by atoms with Gasteiger partial charge in [0.15, 0.2) is 5.60 Å². The van der Waals surface area contributed by atoms with Crippen LogP contribution < -0.4 is 4.74 Å². The van der Waals surface area contributed by atoms with Gasteiger partial charge in [-0.05, 0) is 23.3 Å². The van der Waals surface area contributed by atoms with Crippen molar-refractivity contribution >= 4 is 5.91 Å². The molecule has 25 heavy (non-hydrogen) atoms. The Balaban J connectivity index is 1.72. The van der Waals surface area contributed by atoms with Gasteiger partial charge in [-0.3, -0.25) is 4.79 Å². The minimum absolute atomic E-state index is 0.0559. The van der Waals surface area contributed by atoms with E-state index in [1.807, 2.05) is 59.5 Å². The minimum atomic E-state index is -1.04. The number of methoxy groups -OCH3 is 2. The molecule has 0 bridgehead atoms. The number of rotatable bonds is 4. The molecule has 0 aliphatic carbocycles. The topological polar surface area (TPSA) is 48.0 Å². The molecule has 2 aromatic rings. The lowest BCUT2D eigenvalue weighted by Crippen LogP contribution is -2.40. The maximum atomic E-state index is 13.4. The van der Waals surface area contributed by atoms with Gasteiger partial charge in [-0.1, -0.05) is 42.5 Å². The lowest BCUT2D eigenvalue weighted by molar-refractivity contribution is -0.149. The normalized spacial score (nSPS) is 28.2. The Hall–Kier alpha value is -2.37. The Morgan fingerprint density at radius 3 is 2.64 bits per heavy atom. The van der Waals surface area contributed by atoms with Crippen molar-refractivity contribution in [3.05, 3.63) is 65.7 Å². The van der Waals surface area contributed by atoms with Gasteiger partial charge < -0.3 is 19.1 Å². The summed E-state index contributed by atoms with van der Waals surface area (Å²) in [4.78, 5) is 15.2. The number of ether oxygens (including phenoxy) is 3. The van der Waals surface area contributed by atoms with Crippen molar-refractivity contribution in [2.45, 2.75) is 24.3 Å². The minimum Gasteiger partial charge on any atom is -0.497 e. The molecule has 2 saturated heterocycles. The van der Waals surface area contributed by atoms with Gasteiger partial charge in [0.05, 0.1) is 19.8 Å². The Kier molecular flexibility index (Phi) is 3.98. The van der Waals surface area contributed by atoms with Crippen LogP contribution in [0.15, 0.2) is 54.6 Å². The molecule has 4 rings (SSSR count). The van der Waals surface area contributed by atoms with Gasteiger partial charge in [0.1, 0.15) is 12.0 Å². The average molecular weight is 339 g/mol. The van der Waals surface area contributed by atoms with E-state index in [9.17, 15) is 4.79 Å². The van der Waals surface area contributed by atoms with E-state index < -0.39 is 5.60 Å². The van der Waals surface area contributed by atoms with Gasteiger partial charge in [0.2, 0.25) is 0 Å². The van der Waals surface area contributed by atoms with Crippen LogP contribution in [0.4, 0.5) is 0 Å². The highest BCUT2D eigenvalue weighted by Crippen LogP contribution is 2.47. The van der Waals surface area contributed by atoms with Crippen molar-refractivity contribution in [2.24, 2.45) is 0 Å². The number of hydrogen-bond donors (Lipinski definition) is 0. The Labute approximate surface area is 147 Å². The molecule has 130 valence electrons. The Morgan fingerprint density at radius 2 is 1.92 bits per heavy atom. The molecule has 5 nitrogen and oxygen atoms in total. The van der Waals surface area contributed by atoms with E-state index in [1.54, 1.807) is 14.2 Å². The molecule has 2 heterocycles. The number of amides is 1. The summed E-state index contributed by atoms with van der Waals surface area (Å²) < 4.78 is 17.0. The molecule has 0 unspecified atom stereocenters. The molecule has 0 aromatic heterocycles. The van der Waals surface area contributed by atoms with E-state index in [0.717, 1.165) is 11.1 Å². The first-order valence-corrected chi connectivity index (χ1v) is 8.38. The second-order valence-electron chi connectivity index (χ2n) is 6.39. The quantitative estimate of drug-likeness (QED) is 0.859. The summed E-state index contributed by atoms with van der Waals surface area (Å²) in [6.07, 6.45) is 0.197. The van der Waals surface area contributed by atoms with Crippen LogP contribution >= 0.6 is 0 Å². The number of benzene rings is 2. The highest BCUT2D eigenvalue weighted by molar-refractivity contribution is 5.90. The fraction of sp³-hybridized carbons (Fsp3) is 0.350.